The Balaban J connectivity index is 0.000000201. The molecule has 14 heteroatoms. The fourth-order valence-electron chi connectivity index (χ4n) is 4.80. The first-order chi connectivity index (χ1) is 19.0. The van der Waals surface area contributed by atoms with Crippen molar-refractivity contribution < 1.29 is 38.2 Å². The number of nitro groups is 1. The van der Waals surface area contributed by atoms with Gasteiger partial charge in [0.2, 0.25) is 5.91 Å². The molecule has 2 aromatic carbocycles. The number of nitrogens with one attached hydrogen (secondary N) is 1. The van der Waals surface area contributed by atoms with Crippen LogP contribution in [0.2, 0.25) is 0 Å². The fourth-order valence-corrected chi connectivity index (χ4v) is 4.80. The molecule has 2 unspecified atom stereocenters. The quantitative estimate of drug-likeness (QED) is 0.355. The molecule has 0 saturated carbocycles. The van der Waals surface area contributed by atoms with Gasteiger partial charge in [-0.25, -0.2) is 13.6 Å². The lowest BCUT2D eigenvalue weighted by molar-refractivity contribution is -0.385. The van der Waals surface area contributed by atoms with Crippen LogP contribution >= 0.6 is 0 Å². The molecular formula is C26H31F2N5O7. The Labute approximate surface area is 228 Å². The van der Waals surface area contributed by atoms with Gasteiger partial charge in [0.15, 0.2) is 5.82 Å². The van der Waals surface area contributed by atoms with Crippen LogP contribution < -0.4 is 20.0 Å². The lowest BCUT2D eigenvalue weighted by atomic mass is 10.2. The minimum atomic E-state index is -0.633. The van der Waals surface area contributed by atoms with Gasteiger partial charge in [0, 0.05) is 39.2 Å². The maximum absolute atomic E-state index is 14.4. The van der Waals surface area contributed by atoms with Crippen LogP contribution in [0.3, 0.4) is 0 Å². The van der Waals surface area contributed by atoms with Crippen molar-refractivity contribution in [3.8, 4) is 0 Å². The summed E-state index contributed by atoms with van der Waals surface area (Å²) >= 11 is 0. The number of hydrogen-bond donors (Lipinski definition) is 3. The topological polar surface area (TPSA) is 149 Å². The first-order valence-corrected chi connectivity index (χ1v) is 12.8. The van der Waals surface area contributed by atoms with E-state index < -0.39 is 41.0 Å². The Morgan fingerprint density at radius 3 is 2.08 bits per heavy atom. The van der Waals surface area contributed by atoms with Crippen LogP contribution in [0.15, 0.2) is 36.4 Å². The van der Waals surface area contributed by atoms with Gasteiger partial charge in [-0.2, -0.15) is 0 Å². The van der Waals surface area contributed by atoms with Gasteiger partial charge in [0.25, 0.3) is 5.69 Å². The van der Waals surface area contributed by atoms with Crippen LogP contribution in [0, 0.1) is 21.7 Å². The van der Waals surface area contributed by atoms with Gasteiger partial charge in [0.1, 0.15) is 11.9 Å². The Morgan fingerprint density at radius 2 is 1.60 bits per heavy atom. The Morgan fingerprint density at radius 1 is 1.02 bits per heavy atom. The summed E-state index contributed by atoms with van der Waals surface area (Å²) in [6.45, 7) is 3.80. The predicted molar refractivity (Wildman–Crippen MR) is 141 cm³/mol. The number of nitro benzene ring substituents is 1. The van der Waals surface area contributed by atoms with E-state index in [1.165, 1.54) is 30.0 Å². The van der Waals surface area contributed by atoms with Gasteiger partial charge in [-0.3, -0.25) is 19.8 Å². The number of aliphatic hydroxyl groups excluding tert-OH is 2. The van der Waals surface area contributed by atoms with Crippen molar-refractivity contribution in [1.29, 1.82) is 0 Å². The summed E-state index contributed by atoms with van der Waals surface area (Å²) in [7, 11) is 0. The second-order valence-electron chi connectivity index (χ2n) is 9.86. The number of cyclic esters (lactones) is 1. The summed E-state index contributed by atoms with van der Waals surface area (Å²) in [5.74, 6) is -1.27. The monoisotopic (exact) mass is 563 g/mol. The number of anilines is 3. The van der Waals surface area contributed by atoms with Crippen molar-refractivity contribution in [3.63, 3.8) is 0 Å². The number of β-amino-alcohol motifs (C(OH)–C–C–N with tert-alkyl or cyclic N) is 2. The van der Waals surface area contributed by atoms with E-state index in [9.17, 15) is 38.7 Å². The molecule has 40 heavy (non-hydrogen) atoms. The van der Waals surface area contributed by atoms with E-state index in [4.69, 9.17) is 4.74 Å². The molecule has 0 radical (unpaired) electrons. The molecule has 12 nitrogen and oxygen atoms in total. The van der Waals surface area contributed by atoms with Crippen LogP contribution in [0.4, 0.5) is 36.3 Å². The van der Waals surface area contributed by atoms with Gasteiger partial charge in [-0.05, 0) is 37.1 Å². The Kier molecular flexibility index (Phi) is 9.00. The molecule has 3 N–H and O–H groups in total. The van der Waals surface area contributed by atoms with Crippen LogP contribution in [0.5, 0.6) is 0 Å². The summed E-state index contributed by atoms with van der Waals surface area (Å²) < 4.78 is 33.1. The second kappa shape index (κ2) is 12.4. The molecule has 3 atom stereocenters. The molecule has 3 aliphatic heterocycles. The number of ether oxygens (including phenoxy) is 1. The molecule has 3 aliphatic rings. The standard InChI is InChI=1S/C16H20FN3O4.C10H11FN2O3/c1-10(21)18-7-13-9-20(16(23)24-13)11-2-3-15(14(17)6-11)19-5-4-12(22)8-19;11-9-5-7(13(15)16)1-2-10(9)12-4-3-8(14)6-12/h2-3,6,12-13,22H,4-5,7-9H2,1H3,(H,18,21);1-2,5,8,14H,3-4,6H2/t12?,13-;/m0./s1. The van der Waals surface area contributed by atoms with Crippen LogP contribution in [-0.4, -0.2) is 84.7 Å². The minimum Gasteiger partial charge on any atom is -0.442 e. The normalized spacial score (nSPS) is 22.2. The van der Waals surface area contributed by atoms with Crippen molar-refractivity contribution in [2.24, 2.45) is 0 Å². The predicted octanol–water partition coefficient (Wildman–Crippen LogP) is 2.16. The van der Waals surface area contributed by atoms with E-state index in [0.717, 1.165) is 6.07 Å². The summed E-state index contributed by atoms with van der Waals surface area (Å²) in [5, 5.41) is 31.9. The molecule has 0 spiro atoms. The summed E-state index contributed by atoms with van der Waals surface area (Å²) in [4.78, 5) is 37.5. The molecule has 0 aliphatic carbocycles. The third-order valence-corrected chi connectivity index (χ3v) is 6.85. The minimum absolute atomic E-state index is 0.201. The van der Waals surface area contributed by atoms with Gasteiger partial charge in [-0.1, -0.05) is 0 Å². The average Bonchev–Trinajstić information content (AvgIpc) is 3.62. The van der Waals surface area contributed by atoms with Gasteiger partial charge < -0.3 is 30.1 Å². The molecule has 3 fully saturated rings. The van der Waals surface area contributed by atoms with Crippen LogP contribution in [-0.2, 0) is 9.53 Å². The highest BCUT2D eigenvalue weighted by atomic mass is 19.1. The van der Waals surface area contributed by atoms with Crippen molar-refractivity contribution in [2.75, 3.05) is 54.0 Å². The largest absolute Gasteiger partial charge is 0.442 e. The number of halogens is 2. The highest BCUT2D eigenvalue weighted by Crippen LogP contribution is 2.30. The van der Waals surface area contributed by atoms with Gasteiger partial charge in [-0.15, -0.1) is 0 Å². The fraction of sp³-hybridized carbons (Fsp3) is 0.462. The number of non-ortho nitro benzene ring substituents is 1. The number of carbonyl (C=O) groups excluding carboxylic acids is 2. The summed E-state index contributed by atoms with van der Waals surface area (Å²) in [6.07, 6.45) is -0.699. The second-order valence-corrected chi connectivity index (χ2v) is 9.86. The maximum atomic E-state index is 14.4. The molecule has 0 aromatic heterocycles. The highest BCUT2D eigenvalue weighted by molar-refractivity contribution is 5.90. The molecule has 216 valence electrons. The van der Waals surface area contributed by atoms with Gasteiger partial charge >= 0.3 is 6.09 Å². The zero-order chi connectivity index (χ0) is 29.0. The van der Waals surface area contributed by atoms with Gasteiger partial charge in [0.05, 0.1) is 53.3 Å². The van der Waals surface area contributed by atoms with Crippen molar-refractivity contribution in [2.45, 2.75) is 38.1 Å². The van der Waals surface area contributed by atoms with Crippen molar-refractivity contribution >= 4 is 34.7 Å². The summed E-state index contributed by atoms with van der Waals surface area (Å²) in [5.41, 5.74) is 0.868. The number of hydrogen-bond acceptors (Lipinski definition) is 9. The Bertz CT molecular complexity index is 1270. The average molecular weight is 564 g/mol. The molecule has 2 amide bonds. The van der Waals surface area contributed by atoms with E-state index in [-0.39, 0.29) is 24.7 Å². The van der Waals surface area contributed by atoms with Crippen molar-refractivity contribution in [3.05, 3.63) is 58.1 Å². The summed E-state index contributed by atoms with van der Waals surface area (Å²) in [6, 6.07) is 8.11. The van der Waals surface area contributed by atoms with E-state index in [1.807, 2.05) is 0 Å². The van der Waals surface area contributed by atoms with E-state index in [0.29, 0.717) is 56.1 Å². The number of carbonyl (C=O) groups is 2. The smallest absolute Gasteiger partial charge is 0.414 e. The Hall–Kier alpha value is -4.04. The number of nitrogens with zero attached hydrogens (tertiary/aromatic N) is 4. The first-order valence-electron chi connectivity index (χ1n) is 12.8. The third-order valence-electron chi connectivity index (χ3n) is 6.85. The highest BCUT2D eigenvalue weighted by Gasteiger charge is 2.33. The molecule has 0 bridgehead atoms. The van der Waals surface area contributed by atoms with Crippen molar-refractivity contribution in [1.82, 2.24) is 5.32 Å². The lowest BCUT2D eigenvalue weighted by Crippen LogP contribution is -2.33. The zero-order valence-corrected chi connectivity index (χ0v) is 21.8. The van der Waals surface area contributed by atoms with E-state index in [1.54, 1.807) is 21.9 Å². The molecule has 3 saturated heterocycles. The first kappa shape index (κ1) is 29.0. The number of rotatable bonds is 6. The lowest BCUT2D eigenvalue weighted by Gasteiger charge is -2.20. The van der Waals surface area contributed by atoms with E-state index in [2.05, 4.69) is 5.32 Å². The SMILES string of the molecule is CC(=O)NC[C@H]1CN(c2ccc(N3CCC(O)C3)c(F)c2)C(=O)O1.O=[N+]([O-])c1ccc(N2CCC(O)C2)c(F)c1. The molecule has 2 aromatic rings. The third kappa shape index (κ3) is 6.93. The zero-order valence-electron chi connectivity index (χ0n) is 21.8. The number of amides is 2. The molecule has 5 rings (SSSR count). The van der Waals surface area contributed by atoms with Crippen LogP contribution in [0.25, 0.3) is 0 Å². The molecular weight excluding hydrogens is 532 g/mol. The number of benzene rings is 2. The van der Waals surface area contributed by atoms with Crippen LogP contribution in [0.1, 0.15) is 19.8 Å². The van der Waals surface area contributed by atoms with E-state index >= 15 is 0 Å². The maximum Gasteiger partial charge on any atom is 0.414 e. The number of aliphatic hydroxyl groups is 2. The molecule has 3 heterocycles.